The zero-order valence-corrected chi connectivity index (χ0v) is 9.28. The average molecular weight is 231 g/mol. The van der Waals surface area contributed by atoms with E-state index in [4.69, 9.17) is 11.6 Å². The predicted octanol–water partition coefficient (Wildman–Crippen LogP) is 1.72. The Hall–Kier alpha value is -0.770. The molecule has 2 atom stereocenters. The number of hydrogen-bond donors (Lipinski definition) is 3. The van der Waals surface area contributed by atoms with Gasteiger partial charge in [-0.3, -0.25) is 0 Å². The van der Waals surface area contributed by atoms with Crippen molar-refractivity contribution in [2.45, 2.75) is 25.6 Å². The number of hydrogen-bond acceptors (Lipinski definition) is 3. The number of aliphatic hydroxyl groups is 2. The van der Waals surface area contributed by atoms with Crippen molar-refractivity contribution in [3.63, 3.8) is 0 Å². The van der Waals surface area contributed by atoms with Gasteiger partial charge in [-0.15, -0.1) is 11.6 Å². The van der Waals surface area contributed by atoms with Gasteiger partial charge >= 0.3 is 0 Å². The van der Waals surface area contributed by atoms with E-state index >= 15 is 0 Å². The maximum absolute atomic E-state index is 9.80. The lowest BCUT2D eigenvalue weighted by Crippen LogP contribution is -2.19. The van der Waals surface area contributed by atoms with E-state index < -0.39 is 12.2 Å². The van der Waals surface area contributed by atoms with E-state index in [1.54, 1.807) is 19.1 Å². The number of benzene rings is 1. The molecule has 0 saturated carbocycles. The summed E-state index contributed by atoms with van der Waals surface area (Å²) in [6.07, 6.45) is -1.49. The monoisotopic (exact) mass is 230 g/mol. The molecule has 1 aromatic rings. The van der Waals surface area contributed by atoms with Gasteiger partial charge in [-0.2, -0.15) is 0 Å². The molecule has 1 aromatic carbocycles. The topological polar surface area (TPSA) is 60.7 Å². The van der Waals surface area contributed by atoms with E-state index in [0.717, 1.165) is 5.56 Å². The second-order valence-corrected chi connectivity index (χ2v) is 3.91. The van der Waals surface area contributed by atoms with E-state index in [1.165, 1.54) is 6.07 Å². The van der Waals surface area contributed by atoms with Gasteiger partial charge in [0.05, 0.1) is 6.10 Å². The Morgan fingerprint density at radius 2 is 2.00 bits per heavy atom. The number of aryl methyl sites for hydroxylation is 1. The number of phenols is 1. The van der Waals surface area contributed by atoms with Gasteiger partial charge < -0.3 is 15.3 Å². The highest BCUT2D eigenvalue weighted by Gasteiger charge is 2.19. The summed E-state index contributed by atoms with van der Waals surface area (Å²) in [5.41, 5.74) is 1.36. The van der Waals surface area contributed by atoms with Crippen molar-refractivity contribution in [3.8, 4) is 5.75 Å². The standard InChI is InChI=1S/C11H15ClO3/c1-7-6-8(13)2-3-9(7)11(15)10(14)4-5-12/h2-3,6,10-11,13-15H,4-5H2,1H3. The predicted molar refractivity (Wildman–Crippen MR) is 59.1 cm³/mol. The molecule has 84 valence electrons. The lowest BCUT2D eigenvalue weighted by molar-refractivity contribution is 0.0166. The SMILES string of the molecule is Cc1cc(O)ccc1C(O)C(O)CCCl. The summed E-state index contributed by atoms with van der Waals surface area (Å²) in [5.74, 6) is 0.449. The van der Waals surface area contributed by atoms with E-state index in [1.807, 2.05) is 0 Å². The van der Waals surface area contributed by atoms with Crippen LogP contribution < -0.4 is 0 Å². The second kappa shape index (κ2) is 5.35. The Morgan fingerprint density at radius 1 is 1.33 bits per heavy atom. The van der Waals surface area contributed by atoms with Gasteiger partial charge in [0.15, 0.2) is 0 Å². The zero-order chi connectivity index (χ0) is 11.4. The van der Waals surface area contributed by atoms with E-state index in [9.17, 15) is 15.3 Å². The Balaban J connectivity index is 2.86. The first kappa shape index (κ1) is 12.3. The molecule has 3 N–H and O–H groups in total. The molecule has 0 saturated heterocycles. The summed E-state index contributed by atoms with van der Waals surface area (Å²) in [6, 6.07) is 4.64. The minimum absolute atomic E-state index is 0.148. The van der Waals surface area contributed by atoms with Crippen LogP contribution in [0.1, 0.15) is 23.7 Å². The Kier molecular flexibility index (Phi) is 4.39. The molecule has 0 amide bonds. The van der Waals surface area contributed by atoms with Crippen LogP contribution in [-0.2, 0) is 0 Å². The van der Waals surface area contributed by atoms with Crippen LogP contribution >= 0.6 is 11.6 Å². The molecule has 0 aliphatic carbocycles. The fraction of sp³-hybridized carbons (Fsp3) is 0.455. The molecule has 4 heteroatoms. The molecule has 0 fully saturated rings. The maximum Gasteiger partial charge on any atom is 0.115 e. The van der Waals surface area contributed by atoms with Crippen LogP contribution in [0.15, 0.2) is 18.2 Å². The highest BCUT2D eigenvalue weighted by Crippen LogP contribution is 2.25. The summed E-state index contributed by atoms with van der Waals surface area (Å²) in [4.78, 5) is 0. The van der Waals surface area contributed by atoms with Crippen LogP contribution in [-0.4, -0.2) is 27.3 Å². The van der Waals surface area contributed by atoms with Gasteiger partial charge in [-0.1, -0.05) is 6.07 Å². The van der Waals surface area contributed by atoms with Crippen molar-refractivity contribution in [2.75, 3.05) is 5.88 Å². The van der Waals surface area contributed by atoms with Crippen LogP contribution in [0.4, 0.5) is 0 Å². The Bertz CT molecular complexity index is 328. The summed E-state index contributed by atoms with van der Waals surface area (Å²) in [7, 11) is 0. The molecule has 0 bridgehead atoms. The molecule has 0 heterocycles. The average Bonchev–Trinajstić information content (AvgIpc) is 2.17. The third kappa shape index (κ3) is 3.09. The summed E-state index contributed by atoms with van der Waals surface area (Å²) in [6.45, 7) is 1.77. The van der Waals surface area contributed by atoms with Gasteiger partial charge in [-0.05, 0) is 36.6 Å². The second-order valence-electron chi connectivity index (χ2n) is 3.53. The summed E-state index contributed by atoms with van der Waals surface area (Å²) >= 11 is 5.48. The molecule has 1 rings (SSSR count). The number of rotatable bonds is 4. The third-order valence-electron chi connectivity index (χ3n) is 2.34. The minimum atomic E-state index is -0.954. The lowest BCUT2D eigenvalue weighted by Gasteiger charge is -2.19. The van der Waals surface area contributed by atoms with Crippen molar-refractivity contribution < 1.29 is 15.3 Å². The van der Waals surface area contributed by atoms with Crippen molar-refractivity contribution >= 4 is 11.6 Å². The molecule has 0 aliphatic heterocycles. The first-order valence-electron chi connectivity index (χ1n) is 4.78. The van der Waals surface area contributed by atoms with Crippen LogP contribution in [0.25, 0.3) is 0 Å². The molecule has 0 radical (unpaired) electrons. The van der Waals surface area contributed by atoms with Crippen LogP contribution in [0.3, 0.4) is 0 Å². The number of alkyl halides is 1. The van der Waals surface area contributed by atoms with E-state index in [0.29, 0.717) is 17.9 Å². The van der Waals surface area contributed by atoms with E-state index in [2.05, 4.69) is 0 Å². The van der Waals surface area contributed by atoms with Crippen molar-refractivity contribution in [3.05, 3.63) is 29.3 Å². The Morgan fingerprint density at radius 3 is 2.53 bits per heavy atom. The Labute approximate surface area is 93.9 Å². The van der Waals surface area contributed by atoms with Crippen LogP contribution in [0.2, 0.25) is 0 Å². The van der Waals surface area contributed by atoms with Gasteiger partial charge in [-0.25, -0.2) is 0 Å². The van der Waals surface area contributed by atoms with Crippen LogP contribution in [0, 0.1) is 6.92 Å². The van der Waals surface area contributed by atoms with Gasteiger partial charge in [0.1, 0.15) is 11.9 Å². The molecule has 2 unspecified atom stereocenters. The number of aromatic hydroxyl groups is 1. The van der Waals surface area contributed by atoms with Gasteiger partial charge in [0.25, 0.3) is 0 Å². The smallest absolute Gasteiger partial charge is 0.115 e. The largest absolute Gasteiger partial charge is 0.508 e. The van der Waals surface area contributed by atoms with Gasteiger partial charge in [0.2, 0.25) is 0 Å². The van der Waals surface area contributed by atoms with Crippen LogP contribution in [0.5, 0.6) is 5.75 Å². The third-order valence-corrected chi connectivity index (χ3v) is 2.56. The molecule has 3 nitrogen and oxygen atoms in total. The van der Waals surface area contributed by atoms with E-state index in [-0.39, 0.29) is 5.75 Å². The first-order chi connectivity index (χ1) is 7.06. The molecule has 0 spiro atoms. The summed E-state index contributed by atoms with van der Waals surface area (Å²) in [5, 5.41) is 28.6. The molecule has 0 aromatic heterocycles. The number of halogens is 1. The highest BCUT2D eigenvalue weighted by molar-refractivity contribution is 6.17. The highest BCUT2D eigenvalue weighted by atomic mass is 35.5. The molecular weight excluding hydrogens is 216 g/mol. The lowest BCUT2D eigenvalue weighted by atomic mass is 9.98. The van der Waals surface area contributed by atoms with Gasteiger partial charge in [0, 0.05) is 5.88 Å². The first-order valence-corrected chi connectivity index (χ1v) is 5.31. The molecular formula is C11H15ClO3. The fourth-order valence-corrected chi connectivity index (χ4v) is 1.69. The molecule has 0 aliphatic rings. The normalized spacial score (nSPS) is 14.9. The number of aliphatic hydroxyl groups excluding tert-OH is 2. The van der Waals surface area contributed by atoms with Crippen molar-refractivity contribution in [2.24, 2.45) is 0 Å². The summed E-state index contributed by atoms with van der Waals surface area (Å²) < 4.78 is 0. The molecule has 15 heavy (non-hydrogen) atoms. The quantitative estimate of drug-likeness (QED) is 0.691. The maximum atomic E-state index is 9.80. The number of phenolic OH excluding ortho intramolecular Hbond substituents is 1. The zero-order valence-electron chi connectivity index (χ0n) is 8.52. The van der Waals surface area contributed by atoms with Crippen molar-refractivity contribution in [1.29, 1.82) is 0 Å². The fourth-order valence-electron chi connectivity index (χ4n) is 1.47. The van der Waals surface area contributed by atoms with Crippen molar-refractivity contribution in [1.82, 2.24) is 0 Å². The minimum Gasteiger partial charge on any atom is -0.508 e.